The monoisotopic (exact) mass is 298 g/mol. The highest BCUT2D eigenvalue weighted by molar-refractivity contribution is 6.23. The van der Waals surface area contributed by atoms with Crippen LogP contribution in [0, 0.1) is 0 Å². The molecule has 0 fully saturated rings. The summed E-state index contributed by atoms with van der Waals surface area (Å²) in [5, 5.41) is -0.158. The van der Waals surface area contributed by atoms with E-state index < -0.39 is 0 Å². The highest BCUT2D eigenvalue weighted by atomic mass is 35.5. The molecule has 0 spiro atoms. The summed E-state index contributed by atoms with van der Waals surface area (Å²) in [7, 11) is 0. The quantitative estimate of drug-likeness (QED) is 0.616. The van der Waals surface area contributed by atoms with Gasteiger partial charge in [-0.2, -0.15) is 0 Å². The molecule has 0 saturated heterocycles. The second-order valence-electron chi connectivity index (χ2n) is 6.33. The summed E-state index contributed by atoms with van der Waals surface area (Å²) in [5.74, 6) is 0.861. The van der Waals surface area contributed by atoms with Crippen molar-refractivity contribution in [1.29, 1.82) is 0 Å². The molecule has 0 amide bonds. The van der Waals surface area contributed by atoms with E-state index in [1.807, 2.05) is 39.0 Å². The maximum Gasteiger partial charge on any atom is 0.120 e. The van der Waals surface area contributed by atoms with E-state index in [9.17, 15) is 0 Å². The van der Waals surface area contributed by atoms with Gasteiger partial charge in [0.1, 0.15) is 11.4 Å². The van der Waals surface area contributed by atoms with E-state index in [-0.39, 0.29) is 11.0 Å². The van der Waals surface area contributed by atoms with Crippen LogP contribution in [-0.4, -0.2) is 5.60 Å². The summed E-state index contributed by atoms with van der Waals surface area (Å²) in [5.41, 5.74) is 4.34. The first-order valence-corrected chi connectivity index (χ1v) is 7.62. The molecule has 0 aromatic heterocycles. The van der Waals surface area contributed by atoms with Gasteiger partial charge in [-0.25, -0.2) is 0 Å². The number of rotatable bonds is 1. The minimum Gasteiger partial charge on any atom is -0.488 e. The van der Waals surface area contributed by atoms with E-state index in [2.05, 4.69) is 36.4 Å². The Balaban J connectivity index is 2.06. The Labute approximate surface area is 131 Å². The van der Waals surface area contributed by atoms with Crippen molar-refractivity contribution in [2.75, 3.05) is 0 Å². The maximum absolute atomic E-state index is 6.73. The lowest BCUT2D eigenvalue weighted by Crippen LogP contribution is -2.23. The van der Waals surface area contributed by atoms with Crippen LogP contribution >= 0.6 is 11.6 Å². The molecule has 0 radical (unpaired) electrons. The van der Waals surface area contributed by atoms with E-state index in [0.29, 0.717) is 0 Å². The molecule has 2 aromatic carbocycles. The van der Waals surface area contributed by atoms with Gasteiger partial charge in [-0.1, -0.05) is 42.5 Å². The molecule has 3 rings (SSSR count). The third-order valence-electron chi connectivity index (χ3n) is 3.47. The first-order chi connectivity index (χ1) is 9.94. The Bertz CT molecular complexity index is 695. The van der Waals surface area contributed by atoms with Gasteiger partial charge in [0.2, 0.25) is 0 Å². The van der Waals surface area contributed by atoms with Crippen molar-refractivity contribution in [2.24, 2.45) is 0 Å². The fraction of sp³-hybridized carbons (Fsp3) is 0.263. The summed E-state index contributed by atoms with van der Waals surface area (Å²) in [6.45, 7) is 6.14. The first-order valence-electron chi connectivity index (χ1n) is 7.18. The molecule has 108 valence electrons. The zero-order chi connectivity index (χ0) is 15.0. The molecule has 1 nitrogen and oxygen atoms in total. The summed E-state index contributed by atoms with van der Waals surface area (Å²) in [6.07, 6.45) is 4.25. The second kappa shape index (κ2) is 5.23. The summed E-state index contributed by atoms with van der Waals surface area (Å²) in [4.78, 5) is 0. The first kappa shape index (κ1) is 14.2. The lowest BCUT2D eigenvalue weighted by molar-refractivity contribution is 0.131. The van der Waals surface area contributed by atoms with E-state index in [1.54, 1.807) is 0 Å². The number of hydrogen-bond acceptors (Lipinski definition) is 1. The van der Waals surface area contributed by atoms with Crippen LogP contribution in [0.2, 0.25) is 0 Å². The van der Waals surface area contributed by atoms with E-state index in [4.69, 9.17) is 16.3 Å². The number of benzene rings is 2. The van der Waals surface area contributed by atoms with Gasteiger partial charge >= 0.3 is 0 Å². The zero-order valence-electron chi connectivity index (χ0n) is 12.6. The highest BCUT2D eigenvalue weighted by Crippen LogP contribution is 2.39. The Morgan fingerprint density at radius 3 is 2.29 bits per heavy atom. The molecule has 21 heavy (non-hydrogen) atoms. The Kier molecular flexibility index (Phi) is 3.54. The Morgan fingerprint density at radius 1 is 0.905 bits per heavy atom. The molecule has 1 atom stereocenters. The third-order valence-corrected chi connectivity index (χ3v) is 3.94. The van der Waals surface area contributed by atoms with Crippen molar-refractivity contribution in [1.82, 2.24) is 0 Å². The fourth-order valence-corrected chi connectivity index (χ4v) is 2.97. The topological polar surface area (TPSA) is 9.23 Å². The highest BCUT2D eigenvalue weighted by Gasteiger charge is 2.20. The van der Waals surface area contributed by atoms with Gasteiger partial charge in [0.05, 0.1) is 5.38 Å². The molecule has 2 heteroatoms. The molecule has 1 aliphatic carbocycles. The van der Waals surface area contributed by atoms with Crippen molar-refractivity contribution in [3.05, 3.63) is 64.7 Å². The largest absolute Gasteiger partial charge is 0.488 e. The molecule has 0 aliphatic heterocycles. The minimum atomic E-state index is -0.214. The van der Waals surface area contributed by atoms with Gasteiger partial charge in [0.25, 0.3) is 0 Å². The normalized spacial score (nSPS) is 16.9. The molecular formula is C19H19ClO. The summed E-state index contributed by atoms with van der Waals surface area (Å²) in [6, 6.07) is 14.4. The van der Waals surface area contributed by atoms with Crippen LogP contribution < -0.4 is 4.74 Å². The number of fused-ring (bicyclic) bond motifs is 2. The minimum absolute atomic E-state index is 0.158. The summed E-state index contributed by atoms with van der Waals surface area (Å²) < 4.78 is 5.96. The molecule has 0 saturated carbocycles. The van der Waals surface area contributed by atoms with E-state index in [1.165, 1.54) is 5.56 Å². The smallest absolute Gasteiger partial charge is 0.120 e. The van der Waals surface area contributed by atoms with Crippen molar-refractivity contribution >= 4 is 23.8 Å². The van der Waals surface area contributed by atoms with Crippen LogP contribution in [0.25, 0.3) is 12.2 Å². The lowest BCUT2D eigenvalue weighted by atomic mass is 9.99. The van der Waals surface area contributed by atoms with Crippen molar-refractivity contribution < 1.29 is 4.74 Å². The zero-order valence-corrected chi connectivity index (χ0v) is 13.3. The van der Waals surface area contributed by atoms with Gasteiger partial charge in [-0.15, -0.1) is 11.6 Å². The molecule has 2 aromatic rings. The van der Waals surface area contributed by atoms with Crippen molar-refractivity contribution in [3.63, 3.8) is 0 Å². The molecule has 0 N–H and O–H groups in total. The van der Waals surface area contributed by atoms with Crippen molar-refractivity contribution in [3.8, 4) is 5.75 Å². The van der Waals surface area contributed by atoms with Gasteiger partial charge in [0.15, 0.2) is 0 Å². The maximum atomic E-state index is 6.73. The van der Waals surface area contributed by atoms with Crippen LogP contribution in [-0.2, 0) is 0 Å². The third kappa shape index (κ3) is 2.98. The van der Waals surface area contributed by atoms with E-state index >= 15 is 0 Å². The second-order valence-corrected chi connectivity index (χ2v) is 6.77. The molecule has 0 bridgehead atoms. The lowest BCUT2D eigenvalue weighted by Gasteiger charge is -2.23. The SMILES string of the molecule is CC(C)(C)Oc1ccc2c(c1)C(Cl)c1ccccc1C=C2. The number of halogens is 1. The Morgan fingerprint density at radius 2 is 1.57 bits per heavy atom. The Hall–Kier alpha value is -1.73. The predicted octanol–water partition coefficient (Wildman–Crippen LogP) is 5.68. The average Bonchev–Trinajstić information content (AvgIpc) is 2.56. The number of alkyl halides is 1. The summed E-state index contributed by atoms with van der Waals surface area (Å²) >= 11 is 6.73. The van der Waals surface area contributed by atoms with Crippen LogP contribution in [0.1, 0.15) is 48.4 Å². The number of ether oxygens (including phenoxy) is 1. The molecule has 1 unspecified atom stereocenters. The van der Waals surface area contributed by atoms with Gasteiger partial charge in [-0.3, -0.25) is 0 Å². The van der Waals surface area contributed by atoms with Gasteiger partial charge < -0.3 is 4.74 Å². The van der Waals surface area contributed by atoms with E-state index in [0.717, 1.165) is 22.4 Å². The molecule has 1 aliphatic rings. The van der Waals surface area contributed by atoms with Crippen LogP contribution in [0.3, 0.4) is 0 Å². The molecule has 0 heterocycles. The fourth-order valence-electron chi connectivity index (χ4n) is 2.58. The average molecular weight is 299 g/mol. The predicted molar refractivity (Wildman–Crippen MR) is 89.9 cm³/mol. The van der Waals surface area contributed by atoms with Crippen molar-refractivity contribution in [2.45, 2.75) is 31.7 Å². The van der Waals surface area contributed by atoms with Crippen LogP contribution in [0.5, 0.6) is 5.75 Å². The van der Waals surface area contributed by atoms with Gasteiger partial charge in [0, 0.05) is 0 Å². The number of hydrogen-bond donors (Lipinski definition) is 0. The standard InChI is InChI=1S/C19H19ClO/c1-19(2,3)21-15-11-10-14-9-8-13-6-4-5-7-16(13)18(20)17(14)12-15/h4-12,18H,1-3H3. The van der Waals surface area contributed by atoms with Crippen LogP contribution in [0.15, 0.2) is 42.5 Å². The molecular weight excluding hydrogens is 280 g/mol. The van der Waals surface area contributed by atoms with Crippen LogP contribution in [0.4, 0.5) is 0 Å². The van der Waals surface area contributed by atoms with Gasteiger partial charge in [-0.05, 0) is 55.2 Å².